The summed E-state index contributed by atoms with van der Waals surface area (Å²) in [5.41, 5.74) is 3.97. The number of carbonyl (C=O) groups is 1. The van der Waals surface area contributed by atoms with Gasteiger partial charge in [0.2, 0.25) is 0 Å². The minimum absolute atomic E-state index is 0.102. The summed E-state index contributed by atoms with van der Waals surface area (Å²) in [4.78, 5) is 12.3. The average molecular weight is 325 g/mol. The number of methoxy groups -OCH3 is 2. The van der Waals surface area contributed by atoms with Crippen LogP contribution >= 0.6 is 0 Å². The van der Waals surface area contributed by atoms with E-state index >= 15 is 0 Å². The third kappa shape index (κ3) is 3.96. The Kier molecular flexibility index (Phi) is 6.01. The molecule has 0 fully saturated rings. The van der Waals surface area contributed by atoms with Crippen LogP contribution in [0.25, 0.3) is 0 Å². The highest BCUT2D eigenvalue weighted by molar-refractivity contribution is 6.05. The van der Waals surface area contributed by atoms with E-state index in [4.69, 9.17) is 9.47 Å². The van der Waals surface area contributed by atoms with Gasteiger partial charge in [-0.2, -0.15) is 0 Å². The first-order chi connectivity index (χ1) is 11.6. The fourth-order valence-electron chi connectivity index (χ4n) is 2.52. The van der Waals surface area contributed by atoms with E-state index in [0.717, 1.165) is 17.7 Å². The predicted molar refractivity (Wildman–Crippen MR) is 97.2 cm³/mol. The molecule has 2 aromatic rings. The summed E-state index contributed by atoms with van der Waals surface area (Å²) >= 11 is 0. The van der Waals surface area contributed by atoms with Crippen LogP contribution in [0.2, 0.25) is 0 Å². The van der Waals surface area contributed by atoms with Crippen LogP contribution in [-0.4, -0.2) is 20.0 Å². The van der Waals surface area contributed by atoms with E-state index in [2.05, 4.69) is 18.3 Å². The molecule has 4 heteroatoms. The lowest BCUT2D eigenvalue weighted by Gasteiger charge is -2.11. The molecule has 0 unspecified atom stereocenters. The van der Waals surface area contributed by atoms with Gasteiger partial charge in [-0.05, 0) is 42.7 Å². The summed E-state index contributed by atoms with van der Waals surface area (Å²) in [6.45, 7) is 4.16. The number of ether oxygens (including phenoxy) is 2. The van der Waals surface area contributed by atoms with Crippen molar-refractivity contribution in [3.05, 3.63) is 65.4 Å². The number of anilines is 1. The molecule has 0 spiro atoms. The minimum atomic E-state index is -0.102. The van der Waals surface area contributed by atoms with E-state index in [1.165, 1.54) is 11.6 Å². The molecule has 2 rings (SSSR count). The second-order valence-corrected chi connectivity index (χ2v) is 5.37. The normalized spacial score (nSPS) is 10.7. The van der Waals surface area contributed by atoms with Crippen molar-refractivity contribution in [1.82, 2.24) is 0 Å². The summed E-state index contributed by atoms with van der Waals surface area (Å²) in [6, 6.07) is 11.3. The molecular formula is C20H23NO3. The van der Waals surface area contributed by atoms with Crippen molar-refractivity contribution in [2.24, 2.45) is 0 Å². The Bertz CT molecular complexity index is 751. The fraction of sp³-hybridized carbons (Fsp3) is 0.250. The Morgan fingerprint density at radius 3 is 2.54 bits per heavy atom. The van der Waals surface area contributed by atoms with E-state index in [-0.39, 0.29) is 5.78 Å². The van der Waals surface area contributed by atoms with Crippen LogP contribution in [0.4, 0.5) is 5.69 Å². The monoisotopic (exact) mass is 325 g/mol. The fourth-order valence-corrected chi connectivity index (χ4v) is 2.52. The molecule has 1 N–H and O–H groups in total. The number of hydrogen-bond acceptors (Lipinski definition) is 4. The van der Waals surface area contributed by atoms with Crippen molar-refractivity contribution in [3.63, 3.8) is 0 Å². The van der Waals surface area contributed by atoms with Gasteiger partial charge in [0.25, 0.3) is 0 Å². The third-order valence-electron chi connectivity index (χ3n) is 3.87. The lowest BCUT2D eigenvalue weighted by atomic mass is 10.1. The number of aryl methyl sites for hydroxylation is 2. The predicted octanol–water partition coefficient (Wildman–Crippen LogP) is 4.38. The van der Waals surface area contributed by atoms with Crippen molar-refractivity contribution in [2.45, 2.75) is 20.3 Å². The van der Waals surface area contributed by atoms with Crippen LogP contribution in [0.5, 0.6) is 11.5 Å². The maximum atomic E-state index is 12.3. The van der Waals surface area contributed by atoms with Crippen LogP contribution in [0, 0.1) is 6.92 Å². The molecular weight excluding hydrogens is 302 g/mol. The largest absolute Gasteiger partial charge is 0.493 e. The topological polar surface area (TPSA) is 47.6 Å². The summed E-state index contributed by atoms with van der Waals surface area (Å²) in [7, 11) is 3.12. The van der Waals surface area contributed by atoms with Crippen molar-refractivity contribution >= 4 is 11.5 Å². The quantitative estimate of drug-likeness (QED) is 0.606. The molecule has 126 valence electrons. The summed E-state index contributed by atoms with van der Waals surface area (Å²) in [5, 5.41) is 3.23. The van der Waals surface area contributed by atoms with E-state index in [1.54, 1.807) is 38.6 Å². The van der Waals surface area contributed by atoms with Crippen LogP contribution < -0.4 is 14.8 Å². The van der Waals surface area contributed by atoms with Gasteiger partial charge in [0, 0.05) is 23.5 Å². The minimum Gasteiger partial charge on any atom is -0.493 e. The van der Waals surface area contributed by atoms with Gasteiger partial charge in [0.1, 0.15) is 0 Å². The van der Waals surface area contributed by atoms with Crippen LogP contribution in [0.1, 0.15) is 28.4 Å². The number of para-hydroxylation sites is 1. The molecule has 4 nitrogen and oxygen atoms in total. The number of carbonyl (C=O) groups excluding carboxylic acids is 1. The number of rotatable bonds is 7. The molecule has 0 aliphatic carbocycles. The van der Waals surface area contributed by atoms with Gasteiger partial charge in [0.05, 0.1) is 14.2 Å². The molecule has 0 saturated carbocycles. The maximum Gasteiger partial charge on any atom is 0.187 e. The van der Waals surface area contributed by atoms with Gasteiger partial charge in [0.15, 0.2) is 17.3 Å². The molecule has 0 bridgehead atoms. The number of allylic oxidation sites excluding steroid dienone is 1. The summed E-state index contributed by atoms with van der Waals surface area (Å²) in [6.07, 6.45) is 4.13. The summed E-state index contributed by atoms with van der Waals surface area (Å²) in [5.74, 6) is 1.04. The Labute approximate surface area is 143 Å². The van der Waals surface area contributed by atoms with Crippen LogP contribution in [0.15, 0.2) is 48.7 Å². The zero-order chi connectivity index (χ0) is 17.5. The smallest absolute Gasteiger partial charge is 0.187 e. The summed E-state index contributed by atoms with van der Waals surface area (Å²) < 4.78 is 10.4. The van der Waals surface area contributed by atoms with E-state index < -0.39 is 0 Å². The standard InChI is InChI=1S/C20H23NO3/c1-5-15-8-6-7-14(2)20(15)21-12-11-17(22)16-9-10-18(23-3)19(13-16)24-4/h6-13,21H,5H2,1-4H3/b12-11+. The lowest BCUT2D eigenvalue weighted by Crippen LogP contribution is -2.00. The van der Waals surface area contributed by atoms with Crippen LogP contribution in [0.3, 0.4) is 0 Å². The molecule has 0 aliphatic rings. The van der Waals surface area contributed by atoms with E-state index in [9.17, 15) is 4.79 Å². The van der Waals surface area contributed by atoms with Gasteiger partial charge in [-0.3, -0.25) is 4.79 Å². The zero-order valence-corrected chi connectivity index (χ0v) is 14.6. The first-order valence-corrected chi connectivity index (χ1v) is 7.88. The first kappa shape index (κ1) is 17.6. The Morgan fingerprint density at radius 1 is 1.12 bits per heavy atom. The zero-order valence-electron chi connectivity index (χ0n) is 14.6. The number of benzene rings is 2. The van der Waals surface area contributed by atoms with Crippen molar-refractivity contribution in [1.29, 1.82) is 0 Å². The van der Waals surface area contributed by atoms with Crippen molar-refractivity contribution in [2.75, 3.05) is 19.5 Å². The molecule has 0 atom stereocenters. The van der Waals surface area contributed by atoms with Crippen molar-refractivity contribution < 1.29 is 14.3 Å². The highest BCUT2D eigenvalue weighted by Gasteiger charge is 2.08. The molecule has 0 saturated heterocycles. The Balaban J connectivity index is 2.14. The number of nitrogens with one attached hydrogen (secondary N) is 1. The number of hydrogen-bond donors (Lipinski definition) is 1. The second-order valence-electron chi connectivity index (χ2n) is 5.37. The first-order valence-electron chi connectivity index (χ1n) is 7.88. The molecule has 24 heavy (non-hydrogen) atoms. The number of ketones is 1. The molecule has 2 aromatic carbocycles. The van der Waals surface area contributed by atoms with Gasteiger partial charge in [-0.1, -0.05) is 25.1 Å². The molecule has 0 radical (unpaired) electrons. The highest BCUT2D eigenvalue weighted by Crippen LogP contribution is 2.28. The lowest BCUT2D eigenvalue weighted by molar-refractivity contribution is 0.104. The molecule has 0 amide bonds. The third-order valence-corrected chi connectivity index (χ3v) is 3.87. The van der Waals surface area contributed by atoms with Gasteiger partial charge < -0.3 is 14.8 Å². The highest BCUT2D eigenvalue weighted by atomic mass is 16.5. The Hall–Kier alpha value is -2.75. The van der Waals surface area contributed by atoms with E-state index in [0.29, 0.717) is 17.1 Å². The Morgan fingerprint density at radius 2 is 1.88 bits per heavy atom. The average Bonchev–Trinajstić information content (AvgIpc) is 2.62. The molecule has 0 heterocycles. The maximum absolute atomic E-state index is 12.3. The SMILES string of the molecule is CCc1cccc(C)c1N/C=C/C(=O)c1ccc(OC)c(OC)c1. The molecule has 0 aliphatic heterocycles. The van der Waals surface area contributed by atoms with Gasteiger partial charge in [-0.25, -0.2) is 0 Å². The van der Waals surface area contributed by atoms with Crippen LogP contribution in [-0.2, 0) is 6.42 Å². The van der Waals surface area contributed by atoms with Crippen molar-refractivity contribution in [3.8, 4) is 11.5 Å². The second kappa shape index (κ2) is 8.20. The van der Waals surface area contributed by atoms with E-state index in [1.807, 2.05) is 19.1 Å². The van der Waals surface area contributed by atoms with Gasteiger partial charge >= 0.3 is 0 Å². The van der Waals surface area contributed by atoms with Gasteiger partial charge in [-0.15, -0.1) is 0 Å². The molecule has 0 aromatic heterocycles.